The Labute approximate surface area is 151 Å². The number of pyridine rings is 1. The summed E-state index contributed by atoms with van der Waals surface area (Å²) in [7, 11) is 0. The summed E-state index contributed by atoms with van der Waals surface area (Å²) in [6.07, 6.45) is 4.67. The van der Waals surface area contributed by atoms with E-state index in [-0.39, 0.29) is 17.5 Å². The zero-order chi connectivity index (χ0) is 17.8. The van der Waals surface area contributed by atoms with Crippen molar-refractivity contribution in [3.05, 3.63) is 69.1 Å². The monoisotopic (exact) mass is 359 g/mol. The van der Waals surface area contributed by atoms with Crippen LogP contribution in [0.15, 0.2) is 47.4 Å². The van der Waals surface area contributed by atoms with Gasteiger partial charge in [0.25, 0.3) is 11.5 Å². The maximum atomic E-state index is 12.6. The Morgan fingerprint density at radius 3 is 2.80 bits per heavy atom. The van der Waals surface area contributed by atoms with Crippen LogP contribution >= 0.6 is 11.6 Å². The summed E-state index contributed by atoms with van der Waals surface area (Å²) in [5, 5.41) is 3.66. The first-order valence-corrected chi connectivity index (χ1v) is 8.91. The Bertz CT molecular complexity index is 818. The average molecular weight is 360 g/mol. The van der Waals surface area contributed by atoms with Gasteiger partial charge in [-0.25, -0.2) is 0 Å². The first-order chi connectivity index (χ1) is 12.1. The highest BCUT2D eigenvalue weighted by atomic mass is 35.5. The molecule has 1 aromatic heterocycles. The largest absolute Gasteiger partial charge is 0.349 e. The standard InChI is InChI=1S/C19H22ClN3O2/c20-16-6-2-1-4-14(16)11-23-12-15(8-9-18(23)24)19(25)22-17-7-3-5-13(17)10-21/h1-2,4,6,8-9,12-13,17H,3,5,7,10-11,21H2,(H,22,25). The molecule has 1 fully saturated rings. The van der Waals surface area contributed by atoms with Crippen molar-refractivity contribution in [1.82, 2.24) is 9.88 Å². The van der Waals surface area contributed by atoms with Crippen LogP contribution in [0.5, 0.6) is 0 Å². The van der Waals surface area contributed by atoms with Gasteiger partial charge in [0.15, 0.2) is 0 Å². The van der Waals surface area contributed by atoms with Crippen molar-refractivity contribution in [2.24, 2.45) is 11.7 Å². The third-order valence-corrected chi connectivity index (χ3v) is 5.19. The second-order valence-corrected chi connectivity index (χ2v) is 6.89. The minimum atomic E-state index is -0.169. The van der Waals surface area contributed by atoms with Crippen molar-refractivity contribution in [3.8, 4) is 0 Å². The molecule has 0 aliphatic heterocycles. The van der Waals surface area contributed by atoms with Gasteiger partial charge in [-0.1, -0.05) is 36.2 Å². The fraction of sp³-hybridized carbons (Fsp3) is 0.368. The highest BCUT2D eigenvalue weighted by molar-refractivity contribution is 6.31. The molecule has 1 heterocycles. The van der Waals surface area contributed by atoms with Gasteiger partial charge in [-0.2, -0.15) is 0 Å². The summed E-state index contributed by atoms with van der Waals surface area (Å²) < 4.78 is 1.51. The highest BCUT2D eigenvalue weighted by Gasteiger charge is 2.27. The number of aromatic nitrogens is 1. The van der Waals surface area contributed by atoms with Crippen LogP contribution in [-0.4, -0.2) is 23.1 Å². The molecule has 25 heavy (non-hydrogen) atoms. The third kappa shape index (κ3) is 4.11. The van der Waals surface area contributed by atoms with Crippen LogP contribution < -0.4 is 16.6 Å². The fourth-order valence-electron chi connectivity index (χ4n) is 3.36. The molecular formula is C19H22ClN3O2. The molecule has 0 saturated heterocycles. The number of nitrogens with two attached hydrogens (primary N) is 1. The Balaban J connectivity index is 1.78. The minimum absolute atomic E-state index is 0.112. The second-order valence-electron chi connectivity index (χ2n) is 6.48. The number of benzene rings is 1. The van der Waals surface area contributed by atoms with Gasteiger partial charge in [-0.15, -0.1) is 0 Å². The molecule has 2 unspecified atom stereocenters. The van der Waals surface area contributed by atoms with Crippen molar-refractivity contribution >= 4 is 17.5 Å². The Kier molecular flexibility index (Phi) is 5.56. The number of carbonyl (C=O) groups is 1. The van der Waals surface area contributed by atoms with E-state index < -0.39 is 0 Å². The van der Waals surface area contributed by atoms with Gasteiger partial charge < -0.3 is 15.6 Å². The van der Waals surface area contributed by atoms with Gasteiger partial charge in [-0.3, -0.25) is 9.59 Å². The lowest BCUT2D eigenvalue weighted by atomic mass is 10.0. The van der Waals surface area contributed by atoms with Crippen LogP contribution in [-0.2, 0) is 6.54 Å². The van der Waals surface area contributed by atoms with Gasteiger partial charge in [0.2, 0.25) is 0 Å². The van der Waals surface area contributed by atoms with E-state index >= 15 is 0 Å². The minimum Gasteiger partial charge on any atom is -0.349 e. The molecule has 1 aromatic carbocycles. The fourth-order valence-corrected chi connectivity index (χ4v) is 3.56. The Morgan fingerprint density at radius 1 is 1.24 bits per heavy atom. The predicted octanol–water partition coefficient (Wildman–Crippen LogP) is 2.41. The molecule has 1 saturated carbocycles. The predicted molar refractivity (Wildman–Crippen MR) is 98.9 cm³/mol. The number of nitrogens with one attached hydrogen (secondary N) is 1. The van der Waals surface area contributed by atoms with Crippen LogP contribution in [0.1, 0.15) is 35.2 Å². The first kappa shape index (κ1) is 17.7. The van der Waals surface area contributed by atoms with E-state index in [0.29, 0.717) is 29.6 Å². The molecule has 5 nitrogen and oxygen atoms in total. The topological polar surface area (TPSA) is 77.1 Å². The zero-order valence-corrected chi connectivity index (χ0v) is 14.7. The number of hydrogen-bond donors (Lipinski definition) is 2. The van der Waals surface area contributed by atoms with Crippen molar-refractivity contribution in [2.45, 2.75) is 31.8 Å². The maximum absolute atomic E-state index is 12.6. The zero-order valence-electron chi connectivity index (χ0n) is 14.0. The quantitative estimate of drug-likeness (QED) is 0.860. The molecule has 0 radical (unpaired) electrons. The van der Waals surface area contributed by atoms with Crippen LogP contribution in [0.25, 0.3) is 0 Å². The molecule has 1 amide bonds. The smallest absolute Gasteiger partial charge is 0.252 e. The van der Waals surface area contributed by atoms with E-state index in [4.69, 9.17) is 17.3 Å². The summed E-state index contributed by atoms with van der Waals surface area (Å²) >= 11 is 6.17. The van der Waals surface area contributed by atoms with E-state index in [1.54, 1.807) is 18.3 Å². The number of nitrogens with zero attached hydrogens (tertiary/aromatic N) is 1. The Morgan fingerprint density at radius 2 is 2.04 bits per heavy atom. The summed E-state index contributed by atoms with van der Waals surface area (Å²) in [5.74, 6) is 0.163. The number of halogens is 1. The molecular weight excluding hydrogens is 338 g/mol. The molecule has 6 heteroatoms. The number of hydrogen-bond acceptors (Lipinski definition) is 3. The van der Waals surface area contributed by atoms with Crippen LogP contribution in [0.4, 0.5) is 0 Å². The van der Waals surface area contributed by atoms with Crippen molar-refractivity contribution in [2.75, 3.05) is 6.54 Å². The normalized spacial score (nSPS) is 19.8. The van der Waals surface area contributed by atoms with Crippen molar-refractivity contribution in [1.29, 1.82) is 0 Å². The molecule has 3 N–H and O–H groups in total. The third-order valence-electron chi connectivity index (χ3n) is 4.82. The van der Waals surface area contributed by atoms with Gasteiger partial charge in [0.1, 0.15) is 0 Å². The summed E-state index contributed by atoms with van der Waals surface area (Å²) in [4.78, 5) is 24.7. The van der Waals surface area contributed by atoms with E-state index in [1.165, 1.54) is 10.6 Å². The van der Waals surface area contributed by atoms with Crippen LogP contribution in [0.2, 0.25) is 5.02 Å². The molecule has 3 rings (SSSR count). The number of amides is 1. The van der Waals surface area contributed by atoms with E-state index in [9.17, 15) is 9.59 Å². The van der Waals surface area contributed by atoms with Gasteiger partial charge in [0, 0.05) is 23.3 Å². The molecule has 2 aromatic rings. The lowest BCUT2D eigenvalue weighted by molar-refractivity contribution is 0.0928. The van der Waals surface area contributed by atoms with Crippen molar-refractivity contribution in [3.63, 3.8) is 0 Å². The summed E-state index contributed by atoms with van der Waals surface area (Å²) in [5.41, 5.74) is 6.91. The van der Waals surface area contributed by atoms with E-state index in [2.05, 4.69) is 5.32 Å². The molecule has 1 aliphatic carbocycles. The number of carbonyl (C=O) groups excluding carboxylic acids is 1. The number of rotatable bonds is 5. The van der Waals surface area contributed by atoms with Crippen LogP contribution in [0.3, 0.4) is 0 Å². The molecule has 132 valence electrons. The average Bonchev–Trinajstić information content (AvgIpc) is 3.05. The lowest BCUT2D eigenvalue weighted by Crippen LogP contribution is -2.40. The highest BCUT2D eigenvalue weighted by Crippen LogP contribution is 2.24. The SMILES string of the molecule is NCC1CCCC1NC(=O)c1ccc(=O)n(Cc2ccccc2Cl)c1. The summed E-state index contributed by atoms with van der Waals surface area (Å²) in [6.45, 7) is 0.908. The maximum Gasteiger partial charge on any atom is 0.252 e. The second kappa shape index (κ2) is 7.85. The van der Waals surface area contributed by atoms with E-state index in [0.717, 1.165) is 24.8 Å². The van der Waals surface area contributed by atoms with Crippen LogP contribution in [0, 0.1) is 5.92 Å². The lowest BCUT2D eigenvalue weighted by Gasteiger charge is -2.19. The summed E-state index contributed by atoms with van der Waals surface area (Å²) in [6, 6.07) is 10.5. The van der Waals surface area contributed by atoms with Crippen molar-refractivity contribution < 1.29 is 4.79 Å². The molecule has 0 bridgehead atoms. The molecule has 2 atom stereocenters. The van der Waals surface area contributed by atoms with Gasteiger partial charge in [0.05, 0.1) is 12.1 Å². The van der Waals surface area contributed by atoms with Gasteiger partial charge >= 0.3 is 0 Å². The van der Waals surface area contributed by atoms with Gasteiger partial charge in [-0.05, 0) is 43.0 Å². The Hall–Kier alpha value is -2.11. The molecule has 1 aliphatic rings. The van der Waals surface area contributed by atoms with E-state index in [1.807, 2.05) is 18.2 Å². The molecule has 0 spiro atoms. The first-order valence-electron chi connectivity index (χ1n) is 8.53.